The van der Waals surface area contributed by atoms with Gasteiger partial charge in [0.15, 0.2) is 0 Å². The van der Waals surface area contributed by atoms with Gasteiger partial charge in [-0.2, -0.15) is 0 Å². The molecule has 0 atom stereocenters. The molecule has 0 aliphatic carbocycles. The number of piperazine rings is 1. The van der Waals surface area contributed by atoms with Gasteiger partial charge in [-0.3, -0.25) is 9.69 Å². The van der Waals surface area contributed by atoms with Gasteiger partial charge in [0.1, 0.15) is 5.52 Å². The van der Waals surface area contributed by atoms with Gasteiger partial charge in [-0.15, -0.1) is 5.10 Å². The molecule has 162 valence electrons. The number of nitrogens with zero attached hydrogens (tertiary/aromatic N) is 5. The summed E-state index contributed by atoms with van der Waals surface area (Å²) >= 11 is 0. The van der Waals surface area contributed by atoms with Gasteiger partial charge in [-0.05, 0) is 42.3 Å². The van der Waals surface area contributed by atoms with Gasteiger partial charge in [0.05, 0.1) is 12.1 Å². The second-order valence-electron chi connectivity index (χ2n) is 8.49. The first kappa shape index (κ1) is 20.4. The first-order chi connectivity index (χ1) is 15.7. The van der Waals surface area contributed by atoms with Crippen LogP contribution in [0.25, 0.3) is 11.0 Å². The molecule has 1 aromatic heterocycles. The Labute approximate surface area is 188 Å². The summed E-state index contributed by atoms with van der Waals surface area (Å²) in [4.78, 5) is 17.4. The normalized spacial score (nSPS) is 14.7. The summed E-state index contributed by atoms with van der Waals surface area (Å²) in [6.07, 6.45) is 0. The van der Waals surface area contributed by atoms with Crippen LogP contribution < -0.4 is 0 Å². The fourth-order valence-corrected chi connectivity index (χ4v) is 4.32. The third kappa shape index (κ3) is 4.41. The van der Waals surface area contributed by atoms with E-state index < -0.39 is 0 Å². The molecule has 1 aliphatic rings. The number of carbonyl (C=O) groups is 1. The highest BCUT2D eigenvalue weighted by Crippen LogP contribution is 2.15. The summed E-state index contributed by atoms with van der Waals surface area (Å²) in [5.74, 6) is 0.109. The van der Waals surface area contributed by atoms with E-state index in [1.807, 2.05) is 58.1 Å². The van der Waals surface area contributed by atoms with Crippen molar-refractivity contribution in [3.8, 4) is 0 Å². The molecular weight excluding hydrogens is 398 g/mol. The highest BCUT2D eigenvalue weighted by molar-refractivity contribution is 5.94. The number of hydrogen-bond donors (Lipinski definition) is 0. The van der Waals surface area contributed by atoms with Crippen LogP contribution in [-0.4, -0.2) is 56.9 Å². The topological polar surface area (TPSA) is 54.3 Å². The summed E-state index contributed by atoms with van der Waals surface area (Å²) in [6, 6.07) is 24.5. The molecule has 4 aromatic rings. The first-order valence-corrected chi connectivity index (χ1v) is 11.1. The molecule has 0 spiro atoms. The van der Waals surface area contributed by atoms with Gasteiger partial charge >= 0.3 is 0 Å². The summed E-state index contributed by atoms with van der Waals surface area (Å²) in [7, 11) is 0. The summed E-state index contributed by atoms with van der Waals surface area (Å²) in [5.41, 5.74) is 6.36. The van der Waals surface area contributed by atoms with Crippen LogP contribution >= 0.6 is 0 Å². The lowest BCUT2D eigenvalue weighted by molar-refractivity contribution is 0.0628. The Bertz CT molecular complexity index is 1220. The van der Waals surface area contributed by atoms with E-state index in [1.54, 1.807) is 0 Å². The number of amides is 1. The Morgan fingerprint density at radius 3 is 2.41 bits per heavy atom. The second-order valence-corrected chi connectivity index (χ2v) is 8.49. The van der Waals surface area contributed by atoms with Crippen molar-refractivity contribution in [2.45, 2.75) is 20.0 Å². The standard InChI is InChI=1S/C26H27N5O/c1-20-5-4-6-22(17-20)18-29-13-15-30(16-14-29)26(32)23-11-9-21(10-12-23)19-31-25-8-3-2-7-24(25)27-28-31/h2-12,17H,13-16,18-19H2,1H3. The molecule has 2 heterocycles. The van der Waals surface area contributed by atoms with E-state index in [-0.39, 0.29) is 5.91 Å². The predicted molar refractivity (Wildman–Crippen MR) is 125 cm³/mol. The Hall–Kier alpha value is -3.51. The highest BCUT2D eigenvalue weighted by atomic mass is 16.2. The maximum Gasteiger partial charge on any atom is 0.253 e. The van der Waals surface area contributed by atoms with E-state index in [1.165, 1.54) is 11.1 Å². The van der Waals surface area contributed by atoms with E-state index in [0.29, 0.717) is 6.54 Å². The minimum Gasteiger partial charge on any atom is -0.336 e. The molecule has 32 heavy (non-hydrogen) atoms. The highest BCUT2D eigenvalue weighted by Gasteiger charge is 2.22. The second kappa shape index (κ2) is 8.93. The lowest BCUT2D eigenvalue weighted by atomic mass is 10.1. The van der Waals surface area contributed by atoms with Crippen LogP contribution in [0, 0.1) is 6.92 Å². The van der Waals surface area contributed by atoms with Crippen molar-refractivity contribution in [1.29, 1.82) is 0 Å². The maximum atomic E-state index is 13.0. The zero-order chi connectivity index (χ0) is 21.9. The van der Waals surface area contributed by atoms with Gasteiger partial charge in [0.2, 0.25) is 0 Å². The quantitative estimate of drug-likeness (QED) is 0.489. The number of para-hydroxylation sites is 1. The van der Waals surface area contributed by atoms with Crippen LogP contribution in [0.3, 0.4) is 0 Å². The molecule has 1 fully saturated rings. The smallest absolute Gasteiger partial charge is 0.253 e. The molecule has 1 saturated heterocycles. The lowest BCUT2D eigenvalue weighted by Crippen LogP contribution is -2.48. The van der Waals surface area contributed by atoms with E-state index in [4.69, 9.17) is 0 Å². The van der Waals surface area contributed by atoms with Crippen LogP contribution in [0.4, 0.5) is 0 Å². The summed E-state index contributed by atoms with van der Waals surface area (Å²) in [6.45, 7) is 7.02. The molecule has 0 radical (unpaired) electrons. The minimum atomic E-state index is 0.109. The fraction of sp³-hybridized carbons (Fsp3) is 0.269. The molecule has 6 nitrogen and oxygen atoms in total. The number of carbonyl (C=O) groups excluding carboxylic acids is 1. The van der Waals surface area contributed by atoms with Gasteiger partial charge in [-0.25, -0.2) is 4.68 Å². The molecule has 6 heteroatoms. The van der Waals surface area contributed by atoms with Crippen LogP contribution in [0.15, 0.2) is 72.8 Å². The van der Waals surface area contributed by atoms with Gasteiger partial charge < -0.3 is 4.90 Å². The largest absolute Gasteiger partial charge is 0.336 e. The van der Waals surface area contributed by atoms with Crippen molar-refractivity contribution in [2.75, 3.05) is 26.2 Å². The Kier molecular flexibility index (Phi) is 5.69. The monoisotopic (exact) mass is 425 g/mol. The Morgan fingerprint density at radius 1 is 0.844 bits per heavy atom. The van der Waals surface area contributed by atoms with Crippen molar-refractivity contribution in [1.82, 2.24) is 24.8 Å². The lowest BCUT2D eigenvalue weighted by Gasteiger charge is -2.34. The van der Waals surface area contributed by atoms with Gasteiger partial charge in [0, 0.05) is 38.3 Å². The summed E-state index contributed by atoms with van der Waals surface area (Å²) in [5, 5.41) is 8.46. The zero-order valence-corrected chi connectivity index (χ0v) is 18.3. The number of fused-ring (bicyclic) bond motifs is 1. The SMILES string of the molecule is Cc1cccc(CN2CCN(C(=O)c3ccc(Cn4nnc5ccccc54)cc3)CC2)c1. The van der Waals surface area contributed by atoms with Crippen molar-refractivity contribution in [2.24, 2.45) is 0 Å². The van der Waals surface area contributed by atoms with Crippen LogP contribution in [0.1, 0.15) is 27.0 Å². The molecule has 0 N–H and O–H groups in total. The Morgan fingerprint density at radius 2 is 1.62 bits per heavy atom. The number of rotatable bonds is 5. The van der Waals surface area contributed by atoms with Crippen molar-refractivity contribution < 1.29 is 4.79 Å². The zero-order valence-electron chi connectivity index (χ0n) is 18.3. The molecular formula is C26H27N5O. The van der Waals surface area contributed by atoms with Gasteiger partial charge in [0.25, 0.3) is 5.91 Å². The molecule has 0 saturated carbocycles. The fourth-order valence-electron chi connectivity index (χ4n) is 4.32. The van der Waals surface area contributed by atoms with Crippen molar-refractivity contribution in [3.05, 3.63) is 95.1 Å². The predicted octanol–water partition coefficient (Wildman–Crippen LogP) is 3.75. The summed E-state index contributed by atoms with van der Waals surface area (Å²) < 4.78 is 1.89. The minimum absolute atomic E-state index is 0.109. The van der Waals surface area contributed by atoms with E-state index in [9.17, 15) is 4.79 Å². The van der Waals surface area contributed by atoms with Crippen LogP contribution in [-0.2, 0) is 13.1 Å². The molecule has 1 aliphatic heterocycles. The van der Waals surface area contributed by atoms with E-state index >= 15 is 0 Å². The number of aryl methyl sites for hydroxylation is 1. The number of aromatic nitrogens is 3. The van der Waals surface area contributed by atoms with Crippen molar-refractivity contribution in [3.63, 3.8) is 0 Å². The average Bonchev–Trinajstić information content (AvgIpc) is 3.22. The molecule has 5 rings (SSSR count). The van der Waals surface area contributed by atoms with E-state index in [0.717, 1.165) is 54.9 Å². The first-order valence-electron chi connectivity index (χ1n) is 11.1. The Balaban J connectivity index is 1.18. The average molecular weight is 426 g/mol. The molecule has 3 aromatic carbocycles. The number of hydrogen-bond acceptors (Lipinski definition) is 4. The third-order valence-electron chi connectivity index (χ3n) is 6.10. The molecule has 0 unspecified atom stereocenters. The van der Waals surface area contributed by atoms with E-state index in [2.05, 4.69) is 46.4 Å². The van der Waals surface area contributed by atoms with Crippen LogP contribution in [0.5, 0.6) is 0 Å². The number of benzene rings is 3. The molecule has 0 bridgehead atoms. The van der Waals surface area contributed by atoms with Crippen LogP contribution in [0.2, 0.25) is 0 Å². The maximum absolute atomic E-state index is 13.0. The van der Waals surface area contributed by atoms with Gasteiger partial charge in [-0.1, -0.05) is 59.3 Å². The van der Waals surface area contributed by atoms with Crippen molar-refractivity contribution >= 4 is 16.9 Å². The molecule has 1 amide bonds. The third-order valence-corrected chi connectivity index (χ3v) is 6.10.